The van der Waals surface area contributed by atoms with Crippen molar-refractivity contribution >= 4 is 21.8 Å². The number of nitrogens with one attached hydrogen (secondary N) is 1. The Morgan fingerprint density at radius 1 is 1.67 bits per heavy atom. The van der Waals surface area contributed by atoms with Crippen LogP contribution in [-0.4, -0.2) is 11.2 Å². The molecule has 0 radical (unpaired) electrons. The maximum Gasteiger partial charge on any atom is 0.224 e. The first kappa shape index (κ1) is 6.81. The van der Waals surface area contributed by atoms with Gasteiger partial charge in [0.1, 0.15) is 0 Å². The summed E-state index contributed by atoms with van der Waals surface area (Å²) in [6, 6.07) is 0. The van der Waals surface area contributed by atoms with Crippen molar-refractivity contribution < 1.29 is 4.79 Å². The maximum absolute atomic E-state index is 10.6. The molecule has 0 atom stereocenters. The maximum atomic E-state index is 10.6. The lowest BCUT2D eigenvalue weighted by Gasteiger charge is -2.09. The lowest BCUT2D eigenvalue weighted by molar-refractivity contribution is -0.120. The second kappa shape index (κ2) is 3.01. The summed E-state index contributed by atoms with van der Waals surface area (Å²) in [5.74, 6) is 0.125. The number of alkyl halides is 1. The lowest BCUT2D eigenvalue weighted by Crippen LogP contribution is -2.21. The highest BCUT2D eigenvalue weighted by Gasteiger charge is 2.07. The first-order chi connectivity index (χ1) is 4.33. The van der Waals surface area contributed by atoms with Gasteiger partial charge in [0.15, 0.2) is 0 Å². The quantitative estimate of drug-likeness (QED) is 0.618. The molecular formula is C6H8BrNO. The van der Waals surface area contributed by atoms with Crippen LogP contribution in [0.4, 0.5) is 0 Å². The molecule has 0 aromatic rings. The van der Waals surface area contributed by atoms with Gasteiger partial charge in [-0.05, 0) is 12.0 Å². The summed E-state index contributed by atoms with van der Waals surface area (Å²) in [5, 5.41) is 3.52. The van der Waals surface area contributed by atoms with Crippen molar-refractivity contribution in [3.05, 3.63) is 11.8 Å². The summed E-state index contributed by atoms with van der Waals surface area (Å²) < 4.78 is 0. The van der Waals surface area contributed by atoms with Crippen LogP contribution in [0.1, 0.15) is 12.8 Å². The number of halogens is 1. The first-order valence-electron chi connectivity index (χ1n) is 2.86. The fourth-order valence-corrected chi connectivity index (χ4v) is 1.15. The van der Waals surface area contributed by atoms with E-state index in [2.05, 4.69) is 21.2 Å². The van der Waals surface area contributed by atoms with Gasteiger partial charge in [-0.1, -0.05) is 15.9 Å². The zero-order chi connectivity index (χ0) is 6.69. The summed E-state index contributed by atoms with van der Waals surface area (Å²) in [4.78, 5) is 10.6. The van der Waals surface area contributed by atoms with E-state index in [-0.39, 0.29) is 5.91 Å². The molecule has 0 spiro atoms. The Bertz CT molecular complexity index is 153. The van der Waals surface area contributed by atoms with Gasteiger partial charge in [-0.25, -0.2) is 0 Å². The summed E-state index contributed by atoms with van der Waals surface area (Å²) in [7, 11) is 0. The highest BCUT2D eigenvalue weighted by atomic mass is 79.9. The van der Waals surface area contributed by atoms with E-state index in [0.717, 1.165) is 11.8 Å². The molecule has 1 N–H and O–H groups in total. The van der Waals surface area contributed by atoms with E-state index < -0.39 is 0 Å². The lowest BCUT2D eigenvalue weighted by atomic mass is 10.1. The van der Waals surface area contributed by atoms with Gasteiger partial charge in [0.05, 0.1) is 0 Å². The number of hydrogen-bond acceptors (Lipinski definition) is 1. The molecule has 1 heterocycles. The van der Waals surface area contributed by atoms with E-state index in [1.807, 2.05) is 0 Å². The van der Waals surface area contributed by atoms with Crippen molar-refractivity contribution in [1.82, 2.24) is 5.32 Å². The van der Waals surface area contributed by atoms with Gasteiger partial charge >= 0.3 is 0 Å². The molecule has 0 unspecified atom stereocenters. The molecule has 1 aliphatic heterocycles. The van der Waals surface area contributed by atoms with Crippen LogP contribution in [0.5, 0.6) is 0 Å². The molecule has 3 heteroatoms. The first-order valence-corrected chi connectivity index (χ1v) is 3.98. The number of carbonyl (C=O) groups is 1. The molecular weight excluding hydrogens is 182 g/mol. The molecule has 0 aliphatic carbocycles. The SMILES string of the molecule is O=C1CCC(CBr)=CN1. The molecule has 0 saturated heterocycles. The Morgan fingerprint density at radius 2 is 2.44 bits per heavy atom. The Morgan fingerprint density at radius 3 is 2.89 bits per heavy atom. The average molecular weight is 190 g/mol. The number of amides is 1. The Hall–Kier alpha value is -0.310. The topological polar surface area (TPSA) is 29.1 Å². The van der Waals surface area contributed by atoms with Gasteiger partial charge in [0, 0.05) is 18.0 Å². The molecule has 0 aromatic heterocycles. The normalized spacial score (nSPS) is 18.8. The van der Waals surface area contributed by atoms with Crippen molar-refractivity contribution in [1.29, 1.82) is 0 Å². The van der Waals surface area contributed by atoms with Gasteiger partial charge in [-0.2, -0.15) is 0 Å². The minimum absolute atomic E-state index is 0.125. The molecule has 50 valence electrons. The predicted octanol–water partition coefficient (Wildman–Crippen LogP) is 1.18. The molecule has 0 saturated carbocycles. The average Bonchev–Trinajstić information content (AvgIpc) is 1.90. The van der Waals surface area contributed by atoms with Crippen LogP contribution in [0.15, 0.2) is 11.8 Å². The molecule has 0 aromatic carbocycles. The fraction of sp³-hybridized carbons (Fsp3) is 0.500. The zero-order valence-electron chi connectivity index (χ0n) is 4.98. The minimum Gasteiger partial charge on any atom is -0.333 e. The summed E-state index contributed by atoms with van der Waals surface area (Å²) in [6.07, 6.45) is 3.31. The van der Waals surface area contributed by atoms with Crippen LogP contribution in [-0.2, 0) is 4.79 Å². The van der Waals surface area contributed by atoms with E-state index in [9.17, 15) is 4.79 Å². The molecule has 0 bridgehead atoms. The van der Waals surface area contributed by atoms with E-state index >= 15 is 0 Å². The molecule has 1 amide bonds. The fourth-order valence-electron chi connectivity index (χ4n) is 0.706. The van der Waals surface area contributed by atoms with E-state index in [1.165, 1.54) is 5.57 Å². The Labute approximate surface area is 62.4 Å². The third-order valence-electron chi connectivity index (χ3n) is 1.28. The van der Waals surface area contributed by atoms with Gasteiger partial charge in [-0.3, -0.25) is 4.79 Å². The van der Waals surface area contributed by atoms with Gasteiger partial charge in [0.2, 0.25) is 5.91 Å². The molecule has 1 rings (SSSR count). The van der Waals surface area contributed by atoms with E-state index in [4.69, 9.17) is 0 Å². The van der Waals surface area contributed by atoms with E-state index in [0.29, 0.717) is 6.42 Å². The van der Waals surface area contributed by atoms with Gasteiger partial charge < -0.3 is 5.32 Å². The minimum atomic E-state index is 0.125. The number of hydrogen-bond donors (Lipinski definition) is 1. The molecule has 9 heavy (non-hydrogen) atoms. The predicted molar refractivity (Wildman–Crippen MR) is 39.3 cm³/mol. The van der Waals surface area contributed by atoms with Crippen LogP contribution in [0.2, 0.25) is 0 Å². The van der Waals surface area contributed by atoms with Crippen LogP contribution in [0.3, 0.4) is 0 Å². The highest BCUT2D eigenvalue weighted by Crippen LogP contribution is 2.10. The van der Waals surface area contributed by atoms with Crippen LogP contribution >= 0.6 is 15.9 Å². The van der Waals surface area contributed by atoms with Crippen LogP contribution in [0, 0.1) is 0 Å². The third-order valence-corrected chi connectivity index (χ3v) is 2.00. The van der Waals surface area contributed by atoms with Crippen molar-refractivity contribution in [3.8, 4) is 0 Å². The second-order valence-corrected chi connectivity index (χ2v) is 2.56. The second-order valence-electron chi connectivity index (χ2n) is 2.00. The summed E-state index contributed by atoms with van der Waals surface area (Å²) in [6.45, 7) is 0. The highest BCUT2D eigenvalue weighted by molar-refractivity contribution is 9.09. The van der Waals surface area contributed by atoms with Crippen LogP contribution in [0.25, 0.3) is 0 Å². The van der Waals surface area contributed by atoms with Gasteiger partial charge in [0.25, 0.3) is 0 Å². The Balaban J connectivity index is 2.50. The number of carbonyl (C=O) groups excluding carboxylic acids is 1. The van der Waals surface area contributed by atoms with Crippen molar-refractivity contribution in [3.63, 3.8) is 0 Å². The zero-order valence-corrected chi connectivity index (χ0v) is 6.57. The molecule has 1 aliphatic rings. The monoisotopic (exact) mass is 189 g/mol. The largest absolute Gasteiger partial charge is 0.333 e. The van der Waals surface area contributed by atoms with Crippen LogP contribution < -0.4 is 5.32 Å². The van der Waals surface area contributed by atoms with Crippen molar-refractivity contribution in [2.45, 2.75) is 12.8 Å². The van der Waals surface area contributed by atoms with Crippen molar-refractivity contribution in [2.24, 2.45) is 0 Å². The Kier molecular flexibility index (Phi) is 2.28. The van der Waals surface area contributed by atoms with E-state index in [1.54, 1.807) is 6.20 Å². The van der Waals surface area contributed by atoms with Gasteiger partial charge in [-0.15, -0.1) is 0 Å². The standard InChI is InChI=1S/C6H8BrNO/c7-3-5-1-2-6(9)8-4-5/h4H,1-3H2,(H,8,9). The smallest absolute Gasteiger partial charge is 0.224 e. The summed E-state index contributed by atoms with van der Waals surface area (Å²) in [5.41, 5.74) is 1.26. The number of rotatable bonds is 1. The third kappa shape index (κ3) is 1.82. The molecule has 2 nitrogen and oxygen atoms in total. The molecule has 0 fully saturated rings. The summed E-state index contributed by atoms with van der Waals surface area (Å²) >= 11 is 3.31. The number of allylic oxidation sites excluding steroid dienone is 1. The van der Waals surface area contributed by atoms with Crippen molar-refractivity contribution in [2.75, 3.05) is 5.33 Å².